The lowest BCUT2D eigenvalue weighted by atomic mass is 10.1. The highest BCUT2D eigenvalue weighted by molar-refractivity contribution is 7.89. The summed E-state index contributed by atoms with van der Waals surface area (Å²) in [6.45, 7) is 3.47. The molecule has 0 amide bonds. The Morgan fingerprint density at radius 1 is 1.14 bits per heavy atom. The summed E-state index contributed by atoms with van der Waals surface area (Å²) in [5.41, 5.74) is 2.30. The molecule has 1 aromatic carbocycles. The minimum absolute atomic E-state index is 0.0574. The Labute approximate surface area is 125 Å². The van der Waals surface area contributed by atoms with Crippen molar-refractivity contribution in [3.05, 3.63) is 29.3 Å². The molecule has 0 bridgehead atoms. The SMILES string of the molecule is O=S(=O)(NC1CCN(C2CC2)C1)c1ccc2c(c1)CNC2. The molecule has 21 heavy (non-hydrogen) atoms. The fourth-order valence-electron chi connectivity index (χ4n) is 3.38. The van der Waals surface area contributed by atoms with Gasteiger partial charge >= 0.3 is 0 Å². The Hall–Kier alpha value is -0.950. The van der Waals surface area contributed by atoms with Crippen molar-refractivity contribution in [3.8, 4) is 0 Å². The van der Waals surface area contributed by atoms with Crippen molar-refractivity contribution < 1.29 is 8.42 Å². The van der Waals surface area contributed by atoms with Crippen LogP contribution in [-0.4, -0.2) is 38.5 Å². The number of sulfonamides is 1. The predicted octanol–water partition coefficient (Wildman–Crippen LogP) is 0.805. The van der Waals surface area contributed by atoms with E-state index in [1.54, 1.807) is 6.07 Å². The molecule has 1 saturated carbocycles. The number of nitrogens with zero attached hydrogens (tertiary/aromatic N) is 1. The lowest BCUT2D eigenvalue weighted by Crippen LogP contribution is -2.37. The largest absolute Gasteiger partial charge is 0.309 e. The Kier molecular flexibility index (Phi) is 3.29. The van der Waals surface area contributed by atoms with Crippen LogP contribution < -0.4 is 10.0 Å². The summed E-state index contributed by atoms with van der Waals surface area (Å²) in [4.78, 5) is 2.81. The number of likely N-dealkylation sites (tertiary alicyclic amines) is 1. The molecule has 1 aromatic rings. The van der Waals surface area contributed by atoms with Crippen LogP contribution in [0.25, 0.3) is 0 Å². The number of fused-ring (bicyclic) bond motifs is 1. The van der Waals surface area contributed by atoms with Crippen molar-refractivity contribution in [2.45, 2.75) is 49.3 Å². The first kappa shape index (κ1) is 13.7. The van der Waals surface area contributed by atoms with E-state index in [1.807, 2.05) is 12.1 Å². The highest BCUT2D eigenvalue weighted by Crippen LogP contribution is 2.30. The number of nitrogens with one attached hydrogen (secondary N) is 2. The van der Waals surface area contributed by atoms with Crippen molar-refractivity contribution in [2.75, 3.05) is 13.1 Å². The monoisotopic (exact) mass is 307 g/mol. The van der Waals surface area contributed by atoms with Gasteiger partial charge in [-0.2, -0.15) is 0 Å². The van der Waals surface area contributed by atoms with E-state index >= 15 is 0 Å². The van der Waals surface area contributed by atoms with Gasteiger partial charge in [-0.3, -0.25) is 4.90 Å². The first-order valence-electron chi connectivity index (χ1n) is 7.71. The fourth-order valence-corrected chi connectivity index (χ4v) is 4.69. The Morgan fingerprint density at radius 3 is 2.76 bits per heavy atom. The molecule has 1 unspecified atom stereocenters. The average Bonchev–Trinajstić information content (AvgIpc) is 3.02. The molecule has 0 spiro atoms. The lowest BCUT2D eigenvalue weighted by molar-refractivity contribution is 0.322. The van der Waals surface area contributed by atoms with Gasteiger partial charge in [-0.15, -0.1) is 0 Å². The second kappa shape index (κ2) is 5.05. The number of hydrogen-bond donors (Lipinski definition) is 2. The minimum atomic E-state index is -3.40. The van der Waals surface area contributed by atoms with Gasteiger partial charge in [-0.1, -0.05) is 6.07 Å². The topological polar surface area (TPSA) is 61.4 Å². The zero-order valence-corrected chi connectivity index (χ0v) is 12.8. The Balaban J connectivity index is 1.48. The first-order valence-corrected chi connectivity index (χ1v) is 9.19. The van der Waals surface area contributed by atoms with Gasteiger partial charge < -0.3 is 5.32 Å². The third-order valence-electron chi connectivity index (χ3n) is 4.72. The fraction of sp³-hybridized carbons (Fsp3) is 0.600. The third-order valence-corrected chi connectivity index (χ3v) is 6.24. The van der Waals surface area contributed by atoms with E-state index in [1.165, 1.54) is 18.4 Å². The molecule has 2 N–H and O–H groups in total. The van der Waals surface area contributed by atoms with Crippen LogP contribution in [0.4, 0.5) is 0 Å². The van der Waals surface area contributed by atoms with Crippen molar-refractivity contribution in [1.29, 1.82) is 0 Å². The van der Waals surface area contributed by atoms with Crippen molar-refractivity contribution in [1.82, 2.24) is 14.9 Å². The molecular formula is C15H21N3O2S. The summed E-state index contributed by atoms with van der Waals surface area (Å²) in [5.74, 6) is 0. The second-order valence-electron chi connectivity index (χ2n) is 6.37. The van der Waals surface area contributed by atoms with Crippen LogP contribution in [0.5, 0.6) is 0 Å². The van der Waals surface area contributed by atoms with Gasteiger partial charge in [-0.25, -0.2) is 13.1 Å². The molecule has 5 nitrogen and oxygen atoms in total. The maximum Gasteiger partial charge on any atom is 0.240 e. The molecule has 2 fully saturated rings. The number of hydrogen-bond acceptors (Lipinski definition) is 4. The van der Waals surface area contributed by atoms with Crippen LogP contribution in [0.15, 0.2) is 23.1 Å². The van der Waals surface area contributed by atoms with E-state index in [2.05, 4.69) is 14.9 Å². The van der Waals surface area contributed by atoms with E-state index < -0.39 is 10.0 Å². The molecule has 0 radical (unpaired) electrons. The molecule has 1 saturated heterocycles. The zero-order chi connectivity index (χ0) is 14.4. The lowest BCUT2D eigenvalue weighted by Gasteiger charge is -2.16. The summed E-state index contributed by atoms with van der Waals surface area (Å²) >= 11 is 0. The first-order chi connectivity index (χ1) is 10.1. The second-order valence-corrected chi connectivity index (χ2v) is 8.08. The van der Waals surface area contributed by atoms with Gasteiger partial charge in [0.05, 0.1) is 4.90 Å². The van der Waals surface area contributed by atoms with Gasteiger partial charge in [0.1, 0.15) is 0 Å². The molecule has 1 atom stereocenters. The van der Waals surface area contributed by atoms with Crippen LogP contribution in [-0.2, 0) is 23.1 Å². The maximum absolute atomic E-state index is 12.5. The van der Waals surface area contributed by atoms with Gasteiger partial charge in [0.2, 0.25) is 10.0 Å². The summed E-state index contributed by atoms with van der Waals surface area (Å²) in [6, 6.07) is 6.23. The average molecular weight is 307 g/mol. The minimum Gasteiger partial charge on any atom is -0.309 e. The summed E-state index contributed by atoms with van der Waals surface area (Å²) < 4.78 is 27.9. The maximum atomic E-state index is 12.5. The molecule has 2 aliphatic heterocycles. The van der Waals surface area contributed by atoms with E-state index in [4.69, 9.17) is 0 Å². The standard InChI is InChI=1S/C15H21N3O2S/c19-21(20,15-4-1-11-8-16-9-12(11)7-15)17-13-5-6-18(10-13)14-2-3-14/h1,4,7,13-14,16-17H,2-3,5-6,8-10H2. The molecule has 3 aliphatic rings. The van der Waals surface area contributed by atoms with E-state index in [9.17, 15) is 8.42 Å². The number of benzene rings is 1. The molecule has 2 heterocycles. The van der Waals surface area contributed by atoms with Crippen molar-refractivity contribution in [2.24, 2.45) is 0 Å². The van der Waals surface area contributed by atoms with Gasteiger partial charge in [0.15, 0.2) is 0 Å². The quantitative estimate of drug-likeness (QED) is 0.864. The summed E-state index contributed by atoms with van der Waals surface area (Å²) in [7, 11) is -3.40. The zero-order valence-electron chi connectivity index (χ0n) is 12.0. The van der Waals surface area contributed by atoms with Crippen LogP contribution in [0.3, 0.4) is 0 Å². The van der Waals surface area contributed by atoms with E-state index in [-0.39, 0.29) is 6.04 Å². The third kappa shape index (κ3) is 2.73. The van der Waals surface area contributed by atoms with Crippen molar-refractivity contribution >= 4 is 10.0 Å². The van der Waals surface area contributed by atoms with Crippen molar-refractivity contribution in [3.63, 3.8) is 0 Å². The highest BCUT2D eigenvalue weighted by atomic mass is 32.2. The molecule has 4 rings (SSSR count). The molecule has 1 aliphatic carbocycles. The van der Waals surface area contributed by atoms with Crippen LogP contribution in [0.1, 0.15) is 30.4 Å². The Morgan fingerprint density at radius 2 is 1.95 bits per heavy atom. The molecular weight excluding hydrogens is 286 g/mol. The van der Waals surface area contributed by atoms with E-state index in [0.717, 1.165) is 38.2 Å². The van der Waals surface area contributed by atoms with Gasteiger partial charge in [0.25, 0.3) is 0 Å². The van der Waals surface area contributed by atoms with Gasteiger partial charge in [-0.05, 0) is 42.5 Å². The smallest absolute Gasteiger partial charge is 0.240 e. The van der Waals surface area contributed by atoms with Crippen LogP contribution in [0.2, 0.25) is 0 Å². The van der Waals surface area contributed by atoms with Gasteiger partial charge in [0, 0.05) is 38.3 Å². The summed E-state index contributed by atoms with van der Waals surface area (Å²) in [6.07, 6.45) is 3.47. The van der Waals surface area contributed by atoms with Crippen LogP contribution >= 0.6 is 0 Å². The van der Waals surface area contributed by atoms with Crippen LogP contribution in [0, 0.1) is 0 Å². The molecule has 114 valence electrons. The number of rotatable bonds is 4. The molecule has 0 aromatic heterocycles. The highest BCUT2D eigenvalue weighted by Gasteiger charge is 2.35. The summed E-state index contributed by atoms with van der Waals surface area (Å²) in [5, 5.41) is 3.24. The van der Waals surface area contributed by atoms with E-state index in [0.29, 0.717) is 10.9 Å². The molecule has 6 heteroatoms. The normalized spacial score (nSPS) is 26.2. The Bertz CT molecular complexity index is 655. The predicted molar refractivity (Wildman–Crippen MR) is 80.3 cm³/mol.